The van der Waals surface area contributed by atoms with Gasteiger partial charge in [0.1, 0.15) is 0 Å². The molecule has 2 atom stereocenters. The lowest BCUT2D eigenvalue weighted by molar-refractivity contribution is -0.128. The summed E-state index contributed by atoms with van der Waals surface area (Å²) in [5.41, 5.74) is 7.06. The summed E-state index contributed by atoms with van der Waals surface area (Å²) < 4.78 is 0. The van der Waals surface area contributed by atoms with Gasteiger partial charge in [-0.3, -0.25) is 9.69 Å². The SMILES string of the molecule is NCC1CC(=O)N(CC2CCN(Cc3ccccc3)C2)C1. The Hall–Kier alpha value is -1.39. The van der Waals surface area contributed by atoms with Gasteiger partial charge < -0.3 is 10.6 Å². The third-order valence-electron chi connectivity index (χ3n) is 4.73. The molecule has 0 radical (unpaired) electrons. The molecule has 1 aromatic rings. The lowest BCUT2D eigenvalue weighted by Crippen LogP contribution is -2.33. The van der Waals surface area contributed by atoms with Gasteiger partial charge in [-0.1, -0.05) is 30.3 Å². The van der Waals surface area contributed by atoms with E-state index in [1.54, 1.807) is 0 Å². The second-order valence-electron chi connectivity index (χ2n) is 6.48. The number of nitrogens with two attached hydrogens (primary N) is 1. The van der Waals surface area contributed by atoms with E-state index in [0.29, 0.717) is 30.7 Å². The number of rotatable bonds is 5. The van der Waals surface area contributed by atoms with E-state index in [4.69, 9.17) is 5.73 Å². The first-order chi connectivity index (χ1) is 10.2. The number of nitrogens with zero attached hydrogens (tertiary/aromatic N) is 2. The Labute approximate surface area is 126 Å². The van der Waals surface area contributed by atoms with Crippen molar-refractivity contribution >= 4 is 5.91 Å². The molecule has 4 nitrogen and oxygen atoms in total. The molecule has 4 heteroatoms. The van der Waals surface area contributed by atoms with Crippen LogP contribution in [0.1, 0.15) is 18.4 Å². The summed E-state index contributed by atoms with van der Waals surface area (Å²) in [5, 5.41) is 0. The van der Waals surface area contributed by atoms with E-state index < -0.39 is 0 Å². The molecule has 2 saturated heterocycles. The molecule has 2 fully saturated rings. The molecule has 2 aliphatic heterocycles. The van der Waals surface area contributed by atoms with Crippen molar-refractivity contribution in [2.75, 3.05) is 32.7 Å². The number of likely N-dealkylation sites (tertiary alicyclic amines) is 2. The summed E-state index contributed by atoms with van der Waals surface area (Å²) in [6, 6.07) is 10.6. The van der Waals surface area contributed by atoms with Gasteiger partial charge in [-0.15, -0.1) is 0 Å². The van der Waals surface area contributed by atoms with Gasteiger partial charge in [0.15, 0.2) is 0 Å². The summed E-state index contributed by atoms with van der Waals surface area (Å²) in [6.45, 7) is 5.68. The molecule has 3 rings (SSSR count). The summed E-state index contributed by atoms with van der Waals surface area (Å²) in [7, 11) is 0. The fourth-order valence-electron chi connectivity index (χ4n) is 3.55. The van der Waals surface area contributed by atoms with Crippen molar-refractivity contribution in [2.24, 2.45) is 17.6 Å². The maximum absolute atomic E-state index is 12.0. The Morgan fingerprint density at radius 1 is 1.14 bits per heavy atom. The highest BCUT2D eigenvalue weighted by Crippen LogP contribution is 2.23. The fourth-order valence-corrected chi connectivity index (χ4v) is 3.55. The maximum Gasteiger partial charge on any atom is 0.222 e. The van der Waals surface area contributed by atoms with Crippen LogP contribution in [0, 0.1) is 11.8 Å². The van der Waals surface area contributed by atoms with Gasteiger partial charge in [-0.05, 0) is 36.9 Å². The lowest BCUT2D eigenvalue weighted by atomic mass is 10.1. The number of carbonyl (C=O) groups excluding carboxylic acids is 1. The molecule has 2 aliphatic rings. The minimum atomic E-state index is 0.298. The molecule has 0 bridgehead atoms. The van der Waals surface area contributed by atoms with Crippen LogP contribution in [0.15, 0.2) is 30.3 Å². The van der Waals surface area contributed by atoms with Crippen molar-refractivity contribution in [3.63, 3.8) is 0 Å². The summed E-state index contributed by atoms with van der Waals surface area (Å²) in [5.74, 6) is 1.29. The highest BCUT2D eigenvalue weighted by molar-refractivity contribution is 5.78. The van der Waals surface area contributed by atoms with Crippen LogP contribution in [0.4, 0.5) is 0 Å². The van der Waals surface area contributed by atoms with E-state index in [1.165, 1.54) is 12.0 Å². The molecule has 21 heavy (non-hydrogen) atoms. The smallest absolute Gasteiger partial charge is 0.222 e. The molecule has 114 valence electrons. The van der Waals surface area contributed by atoms with Crippen molar-refractivity contribution in [3.05, 3.63) is 35.9 Å². The molecule has 0 aliphatic carbocycles. The Morgan fingerprint density at radius 3 is 2.67 bits per heavy atom. The molecule has 0 aromatic heterocycles. The molecule has 1 amide bonds. The number of benzene rings is 1. The van der Waals surface area contributed by atoms with Crippen molar-refractivity contribution < 1.29 is 4.79 Å². The average Bonchev–Trinajstić information content (AvgIpc) is 3.08. The maximum atomic E-state index is 12.0. The van der Waals surface area contributed by atoms with Crippen molar-refractivity contribution in [1.29, 1.82) is 0 Å². The van der Waals surface area contributed by atoms with Gasteiger partial charge in [0.25, 0.3) is 0 Å². The topological polar surface area (TPSA) is 49.6 Å². The third kappa shape index (κ3) is 3.63. The normalized spacial score (nSPS) is 26.7. The van der Waals surface area contributed by atoms with Crippen LogP contribution in [0.5, 0.6) is 0 Å². The predicted octanol–water partition coefficient (Wildman–Crippen LogP) is 1.32. The Kier molecular flexibility index (Phi) is 4.56. The first kappa shape index (κ1) is 14.5. The van der Waals surface area contributed by atoms with Crippen LogP contribution < -0.4 is 5.73 Å². The molecule has 1 aromatic carbocycles. The summed E-state index contributed by atoms with van der Waals surface area (Å²) in [6.07, 6.45) is 1.85. The number of hydrogen-bond acceptors (Lipinski definition) is 3. The van der Waals surface area contributed by atoms with E-state index in [9.17, 15) is 4.79 Å². The van der Waals surface area contributed by atoms with E-state index in [2.05, 4.69) is 35.2 Å². The zero-order chi connectivity index (χ0) is 14.7. The lowest BCUT2D eigenvalue weighted by Gasteiger charge is -2.21. The van der Waals surface area contributed by atoms with Gasteiger partial charge in [0.05, 0.1) is 0 Å². The van der Waals surface area contributed by atoms with Crippen molar-refractivity contribution in [1.82, 2.24) is 9.80 Å². The van der Waals surface area contributed by atoms with Gasteiger partial charge >= 0.3 is 0 Å². The second kappa shape index (κ2) is 6.58. The molecule has 2 heterocycles. The zero-order valence-corrected chi connectivity index (χ0v) is 12.6. The van der Waals surface area contributed by atoms with Gasteiger partial charge in [-0.25, -0.2) is 0 Å². The van der Waals surface area contributed by atoms with Crippen LogP contribution in [0.25, 0.3) is 0 Å². The van der Waals surface area contributed by atoms with Crippen molar-refractivity contribution in [2.45, 2.75) is 19.4 Å². The predicted molar refractivity (Wildman–Crippen MR) is 83.6 cm³/mol. The molecular weight excluding hydrogens is 262 g/mol. The zero-order valence-electron chi connectivity index (χ0n) is 12.6. The van der Waals surface area contributed by atoms with Gasteiger partial charge in [0.2, 0.25) is 5.91 Å². The minimum Gasteiger partial charge on any atom is -0.342 e. The Morgan fingerprint density at radius 2 is 1.95 bits per heavy atom. The second-order valence-corrected chi connectivity index (χ2v) is 6.48. The molecule has 2 N–H and O–H groups in total. The molecule has 0 spiro atoms. The Balaban J connectivity index is 1.48. The van der Waals surface area contributed by atoms with Crippen LogP contribution in [0.3, 0.4) is 0 Å². The first-order valence-electron chi connectivity index (χ1n) is 7.98. The Bertz CT molecular complexity index is 476. The van der Waals surface area contributed by atoms with E-state index in [-0.39, 0.29) is 0 Å². The molecule has 0 saturated carbocycles. The van der Waals surface area contributed by atoms with Crippen LogP contribution in [-0.2, 0) is 11.3 Å². The quantitative estimate of drug-likeness (QED) is 0.888. The number of hydrogen-bond donors (Lipinski definition) is 1. The minimum absolute atomic E-state index is 0.298. The van der Waals surface area contributed by atoms with Crippen LogP contribution in [-0.4, -0.2) is 48.4 Å². The van der Waals surface area contributed by atoms with E-state index >= 15 is 0 Å². The molecular formula is C17H25N3O. The summed E-state index contributed by atoms with van der Waals surface area (Å²) in [4.78, 5) is 16.5. The largest absolute Gasteiger partial charge is 0.342 e. The van der Waals surface area contributed by atoms with E-state index in [1.807, 2.05) is 4.90 Å². The van der Waals surface area contributed by atoms with Crippen LogP contribution in [0.2, 0.25) is 0 Å². The number of carbonyl (C=O) groups is 1. The fraction of sp³-hybridized carbons (Fsp3) is 0.588. The van der Waals surface area contributed by atoms with Crippen molar-refractivity contribution in [3.8, 4) is 0 Å². The van der Waals surface area contributed by atoms with Gasteiger partial charge in [-0.2, -0.15) is 0 Å². The monoisotopic (exact) mass is 287 g/mol. The average molecular weight is 287 g/mol. The molecule has 2 unspecified atom stereocenters. The highest BCUT2D eigenvalue weighted by atomic mass is 16.2. The third-order valence-corrected chi connectivity index (χ3v) is 4.73. The van der Waals surface area contributed by atoms with Gasteiger partial charge in [0, 0.05) is 32.6 Å². The van der Waals surface area contributed by atoms with E-state index in [0.717, 1.165) is 32.7 Å². The summed E-state index contributed by atoms with van der Waals surface area (Å²) >= 11 is 0. The highest BCUT2D eigenvalue weighted by Gasteiger charge is 2.32. The first-order valence-corrected chi connectivity index (χ1v) is 7.98. The van der Waals surface area contributed by atoms with Crippen LogP contribution >= 0.6 is 0 Å². The number of amides is 1. The standard InChI is InChI=1S/C17H25N3O/c18-9-16-8-17(21)20(13-16)12-15-6-7-19(11-15)10-14-4-2-1-3-5-14/h1-5,15-16H,6-13,18H2.